The Labute approximate surface area is 152 Å². The number of benzene rings is 2. The number of hydrogen-bond acceptors (Lipinski definition) is 4. The highest BCUT2D eigenvalue weighted by atomic mass is 35.5. The molecule has 2 aromatic rings. The van der Waals surface area contributed by atoms with E-state index < -0.39 is 0 Å². The molecule has 1 aliphatic heterocycles. The molecular weight excluding hydrogens is 347 g/mol. The third-order valence-corrected chi connectivity index (χ3v) is 4.93. The molecule has 0 spiro atoms. The zero-order chi connectivity index (χ0) is 17.1. The van der Waals surface area contributed by atoms with E-state index in [0.717, 1.165) is 35.7 Å². The lowest BCUT2D eigenvalue weighted by Gasteiger charge is -2.35. The first-order valence-corrected chi connectivity index (χ1v) is 8.53. The number of ether oxygens (including phenoxy) is 2. The first-order chi connectivity index (χ1) is 11.6. The van der Waals surface area contributed by atoms with Crippen molar-refractivity contribution >= 4 is 23.2 Å². The summed E-state index contributed by atoms with van der Waals surface area (Å²) in [6.45, 7) is 1.72. The maximum Gasteiger partial charge on any atom is 0.120 e. The van der Waals surface area contributed by atoms with E-state index in [1.807, 2.05) is 36.4 Å². The van der Waals surface area contributed by atoms with Crippen molar-refractivity contribution in [1.29, 1.82) is 0 Å². The van der Waals surface area contributed by atoms with Crippen molar-refractivity contribution < 1.29 is 9.47 Å². The molecule has 0 aliphatic carbocycles. The van der Waals surface area contributed by atoms with E-state index in [1.54, 1.807) is 14.2 Å². The number of rotatable bonds is 4. The Kier molecular flexibility index (Phi) is 5.51. The SMILES string of the molecule is COc1ccc([C@H]2NCCN[C@H]2c2ccc(OC)cc2Cl)c(Cl)c1. The van der Waals surface area contributed by atoms with E-state index in [0.29, 0.717) is 10.0 Å². The highest BCUT2D eigenvalue weighted by molar-refractivity contribution is 6.32. The summed E-state index contributed by atoms with van der Waals surface area (Å²) in [7, 11) is 3.26. The first-order valence-electron chi connectivity index (χ1n) is 7.77. The summed E-state index contributed by atoms with van der Waals surface area (Å²) < 4.78 is 10.5. The van der Waals surface area contributed by atoms with E-state index >= 15 is 0 Å². The maximum absolute atomic E-state index is 6.48. The summed E-state index contributed by atoms with van der Waals surface area (Å²) in [5.41, 5.74) is 2.03. The minimum absolute atomic E-state index is 0.0167. The zero-order valence-electron chi connectivity index (χ0n) is 13.6. The van der Waals surface area contributed by atoms with Gasteiger partial charge in [0.2, 0.25) is 0 Å². The number of halogens is 2. The lowest BCUT2D eigenvalue weighted by Crippen LogP contribution is -2.45. The van der Waals surface area contributed by atoms with Gasteiger partial charge in [-0.3, -0.25) is 0 Å². The van der Waals surface area contributed by atoms with Gasteiger partial charge in [-0.25, -0.2) is 0 Å². The lowest BCUT2D eigenvalue weighted by molar-refractivity contribution is 0.332. The highest BCUT2D eigenvalue weighted by Crippen LogP contribution is 2.39. The van der Waals surface area contributed by atoms with E-state index in [9.17, 15) is 0 Å². The minimum Gasteiger partial charge on any atom is -0.497 e. The number of methoxy groups -OCH3 is 2. The van der Waals surface area contributed by atoms with Crippen LogP contribution in [0.15, 0.2) is 36.4 Å². The van der Waals surface area contributed by atoms with Crippen molar-refractivity contribution in [2.45, 2.75) is 12.1 Å². The molecule has 0 radical (unpaired) electrons. The Morgan fingerprint density at radius 1 is 0.792 bits per heavy atom. The predicted octanol–water partition coefficient (Wildman–Crippen LogP) is 3.99. The van der Waals surface area contributed by atoms with Crippen molar-refractivity contribution in [3.63, 3.8) is 0 Å². The van der Waals surface area contributed by atoms with Crippen molar-refractivity contribution in [1.82, 2.24) is 10.6 Å². The van der Waals surface area contributed by atoms with Crippen LogP contribution < -0.4 is 20.1 Å². The monoisotopic (exact) mass is 366 g/mol. The normalized spacial score (nSPS) is 20.7. The number of nitrogens with one attached hydrogen (secondary N) is 2. The Bertz CT molecular complexity index is 663. The standard InChI is InChI=1S/C18H20Cl2N2O2/c1-23-11-3-5-13(15(19)9-11)17-18(22-8-7-21-17)14-6-4-12(24-2)10-16(14)20/h3-6,9-10,17-18,21-22H,7-8H2,1-2H3/t17-,18+. The van der Waals surface area contributed by atoms with Crippen molar-refractivity contribution in [3.8, 4) is 11.5 Å². The first kappa shape index (κ1) is 17.4. The Morgan fingerprint density at radius 2 is 1.21 bits per heavy atom. The highest BCUT2D eigenvalue weighted by Gasteiger charge is 2.30. The van der Waals surface area contributed by atoms with Gasteiger partial charge in [-0.1, -0.05) is 35.3 Å². The molecule has 0 amide bonds. The molecule has 2 atom stereocenters. The third-order valence-electron chi connectivity index (χ3n) is 4.27. The molecule has 3 rings (SSSR count). The molecule has 0 bridgehead atoms. The maximum atomic E-state index is 6.48. The van der Waals surface area contributed by atoms with Gasteiger partial charge in [0.15, 0.2) is 0 Å². The summed E-state index contributed by atoms with van der Waals surface area (Å²) >= 11 is 13.0. The molecule has 2 N–H and O–H groups in total. The van der Waals surface area contributed by atoms with Crippen molar-refractivity contribution in [2.75, 3.05) is 27.3 Å². The van der Waals surface area contributed by atoms with Crippen molar-refractivity contribution in [2.24, 2.45) is 0 Å². The van der Waals surface area contributed by atoms with Gasteiger partial charge >= 0.3 is 0 Å². The van der Waals surface area contributed by atoms with Gasteiger partial charge in [-0.05, 0) is 35.4 Å². The van der Waals surface area contributed by atoms with Crippen LogP contribution >= 0.6 is 23.2 Å². The van der Waals surface area contributed by atoms with Crippen LogP contribution in [0.1, 0.15) is 23.2 Å². The van der Waals surface area contributed by atoms with E-state index in [2.05, 4.69) is 10.6 Å². The fraction of sp³-hybridized carbons (Fsp3) is 0.333. The Morgan fingerprint density at radius 3 is 1.54 bits per heavy atom. The molecule has 1 aliphatic rings. The Balaban J connectivity index is 1.97. The molecule has 1 saturated heterocycles. The van der Waals surface area contributed by atoms with Gasteiger partial charge in [0, 0.05) is 23.1 Å². The fourth-order valence-corrected chi connectivity index (χ4v) is 3.62. The number of piperazine rings is 1. The minimum atomic E-state index is 0.0167. The van der Waals surface area contributed by atoms with E-state index in [1.165, 1.54) is 0 Å². The predicted molar refractivity (Wildman–Crippen MR) is 97.5 cm³/mol. The van der Waals surface area contributed by atoms with Crippen LogP contribution in [0.25, 0.3) is 0 Å². The lowest BCUT2D eigenvalue weighted by atomic mass is 9.91. The molecule has 1 heterocycles. The third kappa shape index (κ3) is 3.47. The van der Waals surface area contributed by atoms with Crippen LogP contribution in [0.3, 0.4) is 0 Å². The quantitative estimate of drug-likeness (QED) is 0.858. The van der Waals surface area contributed by atoms with Crippen LogP contribution in [0.5, 0.6) is 11.5 Å². The number of hydrogen-bond donors (Lipinski definition) is 2. The van der Waals surface area contributed by atoms with Gasteiger partial charge in [0.05, 0.1) is 26.3 Å². The summed E-state index contributed by atoms with van der Waals surface area (Å²) in [5.74, 6) is 1.48. The topological polar surface area (TPSA) is 42.5 Å². The second kappa shape index (κ2) is 7.62. The molecule has 2 aromatic carbocycles. The van der Waals surface area contributed by atoms with Gasteiger partial charge in [0.1, 0.15) is 11.5 Å². The summed E-state index contributed by atoms with van der Waals surface area (Å²) in [4.78, 5) is 0. The molecular formula is C18H20Cl2N2O2. The molecule has 24 heavy (non-hydrogen) atoms. The van der Waals surface area contributed by atoms with Gasteiger partial charge in [-0.2, -0.15) is 0 Å². The van der Waals surface area contributed by atoms with E-state index in [4.69, 9.17) is 32.7 Å². The molecule has 0 unspecified atom stereocenters. The average molecular weight is 367 g/mol. The Hall–Kier alpha value is -1.46. The average Bonchev–Trinajstić information content (AvgIpc) is 2.61. The van der Waals surface area contributed by atoms with Gasteiger partial charge in [-0.15, -0.1) is 0 Å². The summed E-state index contributed by atoms with van der Waals surface area (Å²) in [6, 6.07) is 11.5. The van der Waals surface area contributed by atoms with Crippen LogP contribution in [-0.2, 0) is 0 Å². The van der Waals surface area contributed by atoms with Crippen LogP contribution in [0, 0.1) is 0 Å². The molecule has 1 fully saturated rings. The van der Waals surface area contributed by atoms with E-state index in [-0.39, 0.29) is 12.1 Å². The van der Waals surface area contributed by atoms with Crippen LogP contribution in [-0.4, -0.2) is 27.3 Å². The van der Waals surface area contributed by atoms with Gasteiger partial charge < -0.3 is 20.1 Å². The molecule has 6 heteroatoms. The van der Waals surface area contributed by atoms with Gasteiger partial charge in [0.25, 0.3) is 0 Å². The molecule has 4 nitrogen and oxygen atoms in total. The van der Waals surface area contributed by atoms with Crippen LogP contribution in [0.2, 0.25) is 10.0 Å². The second-order valence-electron chi connectivity index (χ2n) is 5.64. The summed E-state index contributed by atoms with van der Waals surface area (Å²) in [5, 5.41) is 8.42. The van der Waals surface area contributed by atoms with Crippen LogP contribution in [0.4, 0.5) is 0 Å². The smallest absolute Gasteiger partial charge is 0.120 e. The molecule has 0 saturated carbocycles. The largest absolute Gasteiger partial charge is 0.497 e. The zero-order valence-corrected chi connectivity index (χ0v) is 15.1. The van der Waals surface area contributed by atoms with Crippen molar-refractivity contribution in [3.05, 3.63) is 57.6 Å². The second-order valence-corrected chi connectivity index (χ2v) is 6.45. The summed E-state index contributed by atoms with van der Waals surface area (Å²) in [6.07, 6.45) is 0. The molecule has 128 valence electrons. The molecule has 0 aromatic heterocycles. The fourth-order valence-electron chi connectivity index (χ4n) is 3.04.